The predicted molar refractivity (Wildman–Crippen MR) is 108 cm³/mol. The molecule has 0 aliphatic heterocycles. The van der Waals surface area contributed by atoms with Gasteiger partial charge in [0.15, 0.2) is 0 Å². The lowest BCUT2D eigenvalue weighted by Gasteiger charge is -2.12. The van der Waals surface area contributed by atoms with Gasteiger partial charge in [-0.05, 0) is 61.9 Å². The van der Waals surface area contributed by atoms with Gasteiger partial charge in [-0.3, -0.25) is 9.52 Å². The highest BCUT2D eigenvalue weighted by Crippen LogP contribution is 2.22. The lowest BCUT2D eigenvalue weighted by atomic mass is 10.1. The molecule has 0 bridgehead atoms. The van der Waals surface area contributed by atoms with Gasteiger partial charge < -0.3 is 5.32 Å². The van der Waals surface area contributed by atoms with Gasteiger partial charge in [-0.2, -0.15) is 0 Å². The second-order valence-electron chi connectivity index (χ2n) is 6.38. The molecule has 3 aromatic rings. The molecule has 0 aromatic heterocycles. The van der Waals surface area contributed by atoms with Crippen molar-refractivity contribution in [2.75, 3.05) is 10.0 Å². The fourth-order valence-electron chi connectivity index (χ4n) is 2.69. The van der Waals surface area contributed by atoms with Gasteiger partial charge in [0, 0.05) is 5.69 Å². The van der Waals surface area contributed by atoms with Gasteiger partial charge in [0.1, 0.15) is 5.82 Å². The minimum Gasteiger partial charge on any atom is -0.322 e. The van der Waals surface area contributed by atoms with E-state index in [-0.39, 0.29) is 10.5 Å². The van der Waals surface area contributed by atoms with E-state index in [4.69, 9.17) is 0 Å². The smallest absolute Gasteiger partial charge is 0.261 e. The Bertz CT molecular complexity index is 1130. The first kappa shape index (κ1) is 19.6. The van der Waals surface area contributed by atoms with Gasteiger partial charge >= 0.3 is 0 Å². The van der Waals surface area contributed by atoms with Crippen molar-refractivity contribution in [2.24, 2.45) is 0 Å². The van der Waals surface area contributed by atoms with Gasteiger partial charge in [-0.1, -0.05) is 29.8 Å². The molecule has 0 radical (unpaired) electrons. The summed E-state index contributed by atoms with van der Waals surface area (Å²) < 4.78 is 41.4. The van der Waals surface area contributed by atoms with Crippen LogP contribution in [-0.2, 0) is 10.0 Å². The molecule has 0 saturated carbocycles. The summed E-state index contributed by atoms with van der Waals surface area (Å²) in [6.07, 6.45) is 0. The Hall–Kier alpha value is -3.19. The Morgan fingerprint density at radius 2 is 1.61 bits per heavy atom. The fraction of sp³-hybridized carbons (Fsp3) is 0.0952. The third kappa shape index (κ3) is 4.37. The van der Waals surface area contributed by atoms with Crippen molar-refractivity contribution in [1.82, 2.24) is 0 Å². The van der Waals surface area contributed by atoms with E-state index in [0.717, 1.165) is 11.1 Å². The molecular formula is C21H19FN2O3S. The molecular weight excluding hydrogens is 379 g/mol. The number of halogens is 1. The summed E-state index contributed by atoms with van der Waals surface area (Å²) >= 11 is 0. The van der Waals surface area contributed by atoms with Crippen LogP contribution < -0.4 is 10.0 Å². The van der Waals surface area contributed by atoms with Crippen LogP contribution in [0, 0.1) is 19.7 Å². The molecule has 144 valence electrons. The fourth-order valence-corrected chi connectivity index (χ4v) is 3.82. The quantitative estimate of drug-likeness (QED) is 0.665. The molecule has 3 rings (SSSR count). The summed E-state index contributed by atoms with van der Waals surface area (Å²) in [6.45, 7) is 3.76. The Morgan fingerprint density at radius 3 is 2.25 bits per heavy atom. The summed E-state index contributed by atoms with van der Waals surface area (Å²) in [5.74, 6) is -1.24. The van der Waals surface area contributed by atoms with Gasteiger partial charge in [0.2, 0.25) is 0 Å². The van der Waals surface area contributed by atoms with Crippen molar-refractivity contribution in [2.45, 2.75) is 18.7 Å². The number of hydrogen-bond acceptors (Lipinski definition) is 3. The second-order valence-corrected chi connectivity index (χ2v) is 8.06. The van der Waals surface area contributed by atoms with Crippen molar-refractivity contribution < 1.29 is 17.6 Å². The Labute approximate surface area is 163 Å². The molecule has 0 aliphatic carbocycles. The Kier molecular flexibility index (Phi) is 5.46. The number of benzene rings is 3. The van der Waals surface area contributed by atoms with Gasteiger partial charge in [0.05, 0.1) is 16.1 Å². The zero-order valence-electron chi connectivity index (χ0n) is 15.4. The van der Waals surface area contributed by atoms with Crippen LogP contribution in [0.3, 0.4) is 0 Å². The van der Waals surface area contributed by atoms with E-state index in [1.807, 2.05) is 26.0 Å². The number of carbonyl (C=O) groups is 1. The molecule has 0 heterocycles. The van der Waals surface area contributed by atoms with Crippen LogP contribution >= 0.6 is 0 Å². The van der Waals surface area contributed by atoms with Crippen LogP contribution in [-0.4, -0.2) is 14.3 Å². The van der Waals surface area contributed by atoms with Gasteiger partial charge in [0.25, 0.3) is 15.9 Å². The van der Waals surface area contributed by atoms with E-state index < -0.39 is 21.7 Å². The number of nitrogens with one attached hydrogen (secondary N) is 2. The first-order valence-electron chi connectivity index (χ1n) is 8.52. The number of anilines is 2. The summed E-state index contributed by atoms with van der Waals surface area (Å²) in [7, 11) is -3.78. The minimum atomic E-state index is -3.78. The highest BCUT2D eigenvalue weighted by molar-refractivity contribution is 7.92. The average Bonchev–Trinajstić information content (AvgIpc) is 2.65. The van der Waals surface area contributed by atoms with Gasteiger partial charge in [-0.15, -0.1) is 0 Å². The van der Waals surface area contributed by atoms with Crippen LogP contribution in [0.15, 0.2) is 71.6 Å². The van der Waals surface area contributed by atoms with E-state index in [2.05, 4.69) is 10.0 Å². The van der Waals surface area contributed by atoms with Crippen molar-refractivity contribution in [3.8, 4) is 0 Å². The SMILES string of the molecule is Cc1ccc(NS(=O)(=O)c2ccc(NC(=O)c3ccccc3F)cc2)c(C)c1. The Morgan fingerprint density at radius 1 is 0.929 bits per heavy atom. The van der Waals surface area contributed by atoms with Crippen LogP contribution in [0.4, 0.5) is 15.8 Å². The van der Waals surface area contributed by atoms with E-state index in [9.17, 15) is 17.6 Å². The molecule has 3 aromatic carbocycles. The first-order valence-corrected chi connectivity index (χ1v) is 10.0. The molecule has 0 atom stereocenters. The monoisotopic (exact) mass is 398 g/mol. The summed E-state index contributed by atoms with van der Waals surface area (Å²) in [5, 5.41) is 2.55. The van der Waals surface area contributed by atoms with E-state index in [1.54, 1.807) is 12.1 Å². The largest absolute Gasteiger partial charge is 0.322 e. The molecule has 5 nitrogen and oxygen atoms in total. The second kappa shape index (κ2) is 7.82. The summed E-state index contributed by atoms with van der Waals surface area (Å²) in [4.78, 5) is 12.2. The maximum Gasteiger partial charge on any atom is 0.261 e. The highest BCUT2D eigenvalue weighted by Gasteiger charge is 2.16. The number of hydrogen-bond donors (Lipinski definition) is 2. The molecule has 28 heavy (non-hydrogen) atoms. The van der Waals surface area contributed by atoms with E-state index in [0.29, 0.717) is 11.4 Å². The lowest BCUT2D eigenvalue weighted by Crippen LogP contribution is -2.15. The average molecular weight is 398 g/mol. The Balaban J connectivity index is 1.76. The number of aryl methyl sites for hydroxylation is 2. The van der Waals surface area contributed by atoms with E-state index in [1.165, 1.54) is 42.5 Å². The molecule has 0 saturated heterocycles. The van der Waals surface area contributed by atoms with Crippen LogP contribution in [0.1, 0.15) is 21.5 Å². The molecule has 0 unspecified atom stereocenters. The third-order valence-corrected chi connectivity index (χ3v) is 5.55. The lowest BCUT2D eigenvalue weighted by molar-refractivity contribution is 0.102. The number of carbonyl (C=O) groups excluding carboxylic acids is 1. The van der Waals surface area contributed by atoms with Crippen molar-refractivity contribution in [3.63, 3.8) is 0 Å². The van der Waals surface area contributed by atoms with Crippen LogP contribution in [0.2, 0.25) is 0 Å². The summed E-state index contributed by atoms with van der Waals surface area (Å²) in [6, 6.07) is 16.7. The number of rotatable bonds is 5. The first-order chi connectivity index (χ1) is 13.3. The topological polar surface area (TPSA) is 75.3 Å². The standard InChI is InChI=1S/C21H19FN2O3S/c1-14-7-12-20(15(2)13-14)24-28(26,27)17-10-8-16(9-11-17)23-21(25)18-5-3-4-6-19(18)22/h3-13,24H,1-2H3,(H,23,25). The van der Waals surface area contributed by atoms with Crippen LogP contribution in [0.25, 0.3) is 0 Å². The number of sulfonamides is 1. The molecule has 2 N–H and O–H groups in total. The maximum atomic E-state index is 13.7. The molecule has 0 aliphatic rings. The normalized spacial score (nSPS) is 11.1. The predicted octanol–water partition coefficient (Wildman–Crippen LogP) is 4.50. The van der Waals surface area contributed by atoms with Crippen molar-refractivity contribution in [1.29, 1.82) is 0 Å². The third-order valence-electron chi connectivity index (χ3n) is 4.17. The molecule has 7 heteroatoms. The van der Waals surface area contributed by atoms with Crippen LogP contribution in [0.5, 0.6) is 0 Å². The number of amides is 1. The van der Waals surface area contributed by atoms with Gasteiger partial charge in [-0.25, -0.2) is 12.8 Å². The maximum absolute atomic E-state index is 13.7. The van der Waals surface area contributed by atoms with Crippen molar-refractivity contribution >= 4 is 27.3 Å². The summed E-state index contributed by atoms with van der Waals surface area (Å²) in [5.41, 5.74) is 2.63. The zero-order chi connectivity index (χ0) is 20.3. The minimum absolute atomic E-state index is 0.0522. The zero-order valence-corrected chi connectivity index (χ0v) is 16.2. The molecule has 0 spiro atoms. The highest BCUT2D eigenvalue weighted by atomic mass is 32.2. The van der Waals surface area contributed by atoms with E-state index >= 15 is 0 Å². The molecule has 0 fully saturated rings. The molecule has 1 amide bonds. The van der Waals surface area contributed by atoms with Crippen molar-refractivity contribution in [3.05, 3.63) is 89.2 Å².